The summed E-state index contributed by atoms with van der Waals surface area (Å²) in [5, 5.41) is 8.00. The van der Waals surface area contributed by atoms with Gasteiger partial charge in [0.2, 0.25) is 11.8 Å². The minimum Gasteiger partial charge on any atom is -0.340 e. The molecule has 142 valence electrons. The fourth-order valence-corrected chi connectivity index (χ4v) is 3.69. The monoisotopic (exact) mass is 387 g/mol. The molecule has 1 fully saturated rings. The minimum atomic E-state index is -0.400. The molecule has 2 aliphatic rings. The third-order valence-electron chi connectivity index (χ3n) is 5.28. The summed E-state index contributed by atoms with van der Waals surface area (Å²) in [4.78, 5) is 29.2. The molecular formula is C19H22ClN5O2. The van der Waals surface area contributed by atoms with Crippen LogP contribution < -0.4 is 5.32 Å². The third kappa shape index (κ3) is 3.70. The van der Waals surface area contributed by atoms with Crippen molar-refractivity contribution in [2.45, 2.75) is 13.0 Å². The van der Waals surface area contributed by atoms with E-state index in [9.17, 15) is 9.59 Å². The Morgan fingerprint density at radius 3 is 2.63 bits per heavy atom. The number of hydrogen-bond donors (Lipinski definition) is 1. The van der Waals surface area contributed by atoms with Crippen LogP contribution in [0.3, 0.4) is 0 Å². The molecule has 0 aliphatic carbocycles. The largest absolute Gasteiger partial charge is 0.340 e. The van der Waals surface area contributed by atoms with Crippen molar-refractivity contribution in [3.8, 4) is 11.1 Å². The average Bonchev–Trinajstić information content (AvgIpc) is 3.06. The maximum atomic E-state index is 12.6. The van der Waals surface area contributed by atoms with Crippen LogP contribution in [0.15, 0.2) is 30.5 Å². The van der Waals surface area contributed by atoms with Gasteiger partial charge in [0.1, 0.15) is 5.82 Å². The Labute approximate surface area is 162 Å². The number of benzene rings is 1. The molecule has 0 spiro atoms. The van der Waals surface area contributed by atoms with Crippen LogP contribution in [-0.4, -0.2) is 64.6 Å². The predicted molar refractivity (Wildman–Crippen MR) is 103 cm³/mol. The van der Waals surface area contributed by atoms with Crippen LogP contribution in [0.25, 0.3) is 11.1 Å². The van der Waals surface area contributed by atoms with Gasteiger partial charge in [-0.1, -0.05) is 23.7 Å². The molecule has 0 bridgehead atoms. The van der Waals surface area contributed by atoms with Gasteiger partial charge in [-0.05, 0) is 24.7 Å². The Kier molecular flexibility index (Phi) is 4.88. The van der Waals surface area contributed by atoms with Gasteiger partial charge in [0.05, 0.1) is 18.7 Å². The lowest BCUT2D eigenvalue weighted by Crippen LogP contribution is -2.48. The Bertz CT molecular complexity index is 855. The first-order valence-electron chi connectivity index (χ1n) is 9.10. The number of carbonyl (C=O) groups excluding carboxylic acids is 2. The van der Waals surface area contributed by atoms with Crippen LogP contribution in [-0.2, 0) is 16.1 Å². The summed E-state index contributed by atoms with van der Waals surface area (Å²) < 4.78 is 1.77. The topological polar surface area (TPSA) is 70.5 Å². The maximum Gasteiger partial charge on any atom is 0.231 e. The van der Waals surface area contributed by atoms with E-state index < -0.39 is 5.92 Å². The Balaban J connectivity index is 1.47. The van der Waals surface area contributed by atoms with Crippen LogP contribution in [0.2, 0.25) is 5.02 Å². The maximum absolute atomic E-state index is 12.6. The van der Waals surface area contributed by atoms with E-state index >= 15 is 0 Å². The van der Waals surface area contributed by atoms with Crippen molar-refractivity contribution in [1.82, 2.24) is 19.6 Å². The average molecular weight is 388 g/mol. The summed E-state index contributed by atoms with van der Waals surface area (Å²) in [6.45, 7) is 3.59. The van der Waals surface area contributed by atoms with E-state index in [1.54, 1.807) is 10.9 Å². The number of fused-ring (bicyclic) bond motifs is 1. The standard InChI is InChI=1S/C19H22ClN5O2/c1-23-6-8-24(9-7-23)17(26)10-14-12-25-18(22-19(14)27)16(11-21-25)13-2-4-15(20)5-3-13/h2-5,11,14H,6-10,12H2,1H3,(H,22,27)/t14-/m0/s1. The van der Waals surface area contributed by atoms with E-state index in [2.05, 4.69) is 15.3 Å². The van der Waals surface area contributed by atoms with Gasteiger partial charge in [0.25, 0.3) is 0 Å². The van der Waals surface area contributed by atoms with E-state index in [1.165, 1.54) is 0 Å². The highest BCUT2D eigenvalue weighted by Crippen LogP contribution is 2.32. The van der Waals surface area contributed by atoms with Gasteiger partial charge < -0.3 is 15.1 Å². The molecule has 3 heterocycles. The van der Waals surface area contributed by atoms with Gasteiger partial charge in [-0.2, -0.15) is 5.10 Å². The number of rotatable bonds is 3. The number of aromatic nitrogens is 2. The Hall–Kier alpha value is -2.38. The number of nitrogens with zero attached hydrogens (tertiary/aromatic N) is 4. The molecule has 0 saturated carbocycles. The zero-order valence-corrected chi connectivity index (χ0v) is 15.9. The first-order chi connectivity index (χ1) is 13.0. The number of anilines is 1. The van der Waals surface area contributed by atoms with Crippen molar-refractivity contribution in [2.75, 3.05) is 38.5 Å². The minimum absolute atomic E-state index is 0.0387. The number of nitrogens with one attached hydrogen (secondary N) is 1. The molecule has 8 heteroatoms. The second kappa shape index (κ2) is 7.32. The number of carbonyl (C=O) groups is 2. The van der Waals surface area contributed by atoms with Crippen molar-refractivity contribution >= 4 is 29.2 Å². The normalized spacial score (nSPS) is 20.3. The summed E-state index contributed by atoms with van der Waals surface area (Å²) in [7, 11) is 2.05. The number of amides is 2. The van der Waals surface area contributed by atoms with E-state index in [0.29, 0.717) is 17.4 Å². The van der Waals surface area contributed by atoms with E-state index in [-0.39, 0.29) is 18.2 Å². The van der Waals surface area contributed by atoms with Crippen LogP contribution in [0.5, 0.6) is 0 Å². The molecule has 2 amide bonds. The zero-order chi connectivity index (χ0) is 19.0. The number of likely N-dealkylation sites (N-methyl/N-ethyl adjacent to an activating group) is 1. The van der Waals surface area contributed by atoms with Gasteiger partial charge in [-0.3, -0.25) is 9.59 Å². The quantitative estimate of drug-likeness (QED) is 0.873. The smallest absolute Gasteiger partial charge is 0.231 e. The first kappa shape index (κ1) is 18.0. The number of halogens is 1. The highest BCUT2D eigenvalue weighted by molar-refractivity contribution is 6.30. The van der Waals surface area contributed by atoms with Gasteiger partial charge >= 0.3 is 0 Å². The Morgan fingerprint density at radius 2 is 1.93 bits per heavy atom. The lowest BCUT2D eigenvalue weighted by Gasteiger charge is -2.33. The van der Waals surface area contributed by atoms with Crippen molar-refractivity contribution in [3.05, 3.63) is 35.5 Å². The summed E-state index contributed by atoms with van der Waals surface area (Å²) >= 11 is 5.95. The van der Waals surface area contributed by atoms with Crippen LogP contribution in [0, 0.1) is 5.92 Å². The third-order valence-corrected chi connectivity index (χ3v) is 5.53. The van der Waals surface area contributed by atoms with Crippen molar-refractivity contribution in [3.63, 3.8) is 0 Å². The molecule has 2 aromatic rings. The molecule has 0 unspecified atom stereocenters. The molecule has 2 aliphatic heterocycles. The highest BCUT2D eigenvalue weighted by Gasteiger charge is 2.32. The second-order valence-electron chi connectivity index (χ2n) is 7.17. The van der Waals surface area contributed by atoms with Crippen LogP contribution in [0.4, 0.5) is 5.82 Å². The van der Waals surface area contributed by atoms with Crippen molar-refractivity contribution in [1.29, 1.82) is 0 Å². The molecule has 27 heavy (non-hydrogen) atoms. The summed E-state index contributed by atoms with van der Waals surface area (Å²) in [5.74, 6) is 0.186. The van der Waals surface area contributed by atoms with Crippen LogP contribution in [0.1, 0.15) is 6.42 Å². The number of hydrogen-bond acceptors (Lipinski definition) is 4. The van der Waals surface area contributed by atoms with Gasteiger partial charge in [0, 0.05) is 43.2 Å². The highest BCUT2D eigenvalue weighted by atomic mass is 35.5. The Morgan fingerprint density at radius 1 is 1.22 bits per heavy atom. The SMILES string of the molecule is CN1CCN(C(=O)C[C@H]2Cn3ncc(-c4ccc(Cl)cc4)c3NC2=O)CC1. The van der Waals surface area contributed by atoms with E-state index in [1.807, 2.05) is 36.2 Å². The fourth-order valence-electron chi connectivity index (χ4n) is 3.56. The molecule has 1 aromatic carbocycles. The molecule has 7 nitrogen and oxygen atoms in total. The molecule has 1 aromatic heterocycles. The molecule has 1 N–H and O–H groups in total. The first-order valence-corrected chi connectivity index (χ1v) is 9.48. The van der Waals surface area contributed by atoms with Crippen molar-refractivity contribution in [2.24, 2.45) is 5.92 Å². The van der Waals surface area contributed by atoms with Crippen LogP contribution >= 0.6 is 11.6 Å². The summed E-state index contributed by atoms with van der Waals surface area (Å²) in [6.07, 6.45) is 1.95. The molecule has 0 radical (unpaired) electrons. The fraction of sp³-hybridized carbons (Fsp3) is 0.421. The van der Waals surface area contributed by atoms with E-state index in [4.69, 9.17) is 11.6 Å². The zero-order valence-electron chi connectivity index (χ0n) is 15.2. The number of piperazine rings is 1. The molecule has 4 rings (SSSR count). The predicted octanol–water partition coefficient (Wildman–Crippen LogP) is 1.94. The van der Waals surface area contributed by atoms with E-state index in [0.717, 1.165) is 37.3 Å². The summed E-state index contributed by atoms with van der Waals surface area (Å²) in [6, 6.07) is 7.41. The second-order valence-corrected chi connectivity index (χ2v) is 7.61. The van der Waals surface area contributed by atoms with Gasteiger partial charge in [-0.15, -0.1) is 0 Å². The molecule has 1 saturated heterocycles. The lowest BCUT2D eigenvalue weighted by atomic mass is 10.0. The summed E-state index contributed by atoms with van der Waals surface area (Å²) in [5.41, 5.74) is 1.79. The van der Waals surface area contributed by atoms with Crippen molar-refractivity contribution < 1.29 is 9.59 Å². The van der Waals surface area contributed by atoms with Gasteiger partial charge in [-0.25, -0.2) is 4.68 Å². The lowest BCUT2D eigenvalue weighted by molar-refractivity contribution is -0.136. The molecular weight excluding hydrogens is 366 g/mol. The molecule has 1 atom stereocenters. The van der Waals surface area contributed by atoms with Gasteiger partial charge in [0.15, 0.2) is 0 Å².